The van der Waals surface area contributed by atoms with Crippen LogP contribution in [-0.4, -0.2) is 70.2 Å². The van der Waals surface area contributed by atoms with E-state index in [4.69, 9.17) is 0 Å². The van der Waals surface area contributed by atoms with E-state index in [-0.39, 0.29) is 29.8 Å². The number of nitrogens with zero attached hydrogens (tertiary/aromatic N) is 3. The average molecular weight is 365 g/mol. The molecular formula is C18H31N5O3. The first-order chi connectivity index (χ1) is 12.2. The summed E-state index contributed by atoms with van der Waals surface area (Å²) in [7, 11) is 0. The van der Waals surface area contributed by atoms with Crippen LogP contribution in [0.15, 0.2) is 10.9 Å². The van der Waals surface area contributed by atoms with Crippen LogP contribution >= 0.6 is 0 Å². The number of carbonyl (C=O) groups is 2. The molecule has 0 unspecified atom stereocenters. The molecule has 1 aromatic rings. The number of hydrogen-bond donors (Lipinski definition) is 2. The number of rotatable bonds is 7. The van der Waals surface area contributed by atoms with Crippen molar-refractivity contribution in [3.05, 3.63) is 22.1 Å². The Hall–Kier alpha value is -2.09. The van der Waals surface area contributed by atoms with E-state index in [1.165, 1.54) is 6.07 Å². The van der Waals surface area contributed by atoms with E-state index in [1.54, 1.807) is 9.58 Å². The molecule has 1 aliphatic heterocycles. The highest BCUT2D eigenvalue weighted by atomic mass is 16.2. The number of carbonyl (C=O) groups excluding carboxylic acids is 2. The lowest BCUT2D eigenvalue weighted by molar-refractivity contribution is -0.132. The van der Waals surface area contributed by atoms with Gasteiger partial charge >= 0.3 is 0 Å². The molecule has 1 saturated heterocycles. The van der Waals surface area contributed by atoms with E-state index in [0.717, 1.165) is 0 Å². The average Bonchev–Trinajstić information content (AvgIpc) is 2.85. The Morgan fingerprint density at radius 3 is 2.38 bits per heavy atom. The van der Waals surface area contributed by atoms with Gasteiger partial charge in [-0.15, -0.1) is 0 Å². The summed E-state index contributed by atoms with van der Waals surface area (Å²) in [5.41, 5.74) is 0.557. The van der Waals surface area contributed by atoms with Crippen LogP contribution in [0, 0.1) is 5.92 Å². The molecule has 146 valence electrons. The van der Waals surface area contributed by atoms with E-state index in [1.807, 2.05) is 27.7 Å². The van der Waals surface area contributed by atoms with Crippen molar-refractivity contribution < 1.29 is 9.59 Å². The van der Waals surface area contributed by atoms with Crippen LogP contribution in [-0.2, 0) is 22.6 Å². The second-order valence-corrected chi connectivity index (χ2v) is 7.68. The van der Waals surface area contributed by atoms with Crippen LogP contribution in [0.4, 0.5) is 0 Å². The van der Waals surface area contributed by atoms with E-state index >= 15 is 0 Å². The summed E-state index contributed by atoms with van der Waals surface area (Å²) < 4.78 is 1.55. The molecule has 26 heavy (non-hydrogen) atoms. The third-order valence-electron chi connectivity index (χ3n) is 4.27. The van der Waals surface area contributed by atoms with Gasteiger partial charge < -0.3 is 10.2 Å². The molecule has 1 fully saturated rings. The van der Waals surface area contributed by atoms with E-state index in [0.29, 0.717) is 50.9 Å². The van der Waals surface area contributed by atoms with Crippen molar-refractivity contribution in [1.82, 2.24) is 24.9 Å². The molecule has 0 aromatic carbocycles. The predicted molar refractivity (Wildman–Crippen MR) is 99.9 cm³/mol. The van der Waals surface area contributed by atoms with Crippen LogP contribution in [0.2, 0.25) is 0 Å². The highest BCUT2D eigenvalue weighted by Gasteiger charge is 2.23. The lowest BCUT2D eigenvalue weighted by Gasteiger charge is -2.34. The normalized spacial score (nSPS) is 15.7. The van der Waals surface area contributed by atoms with E-state index in [2.05, 4.69) is 15.3 Å². The fourth-order valence-corrected chi connectivity index (χ4v) is 3.08. The maximum atomic E-state index is 12.5. The first-order valence-electron chi connectivity index (χ1n) is 9.32. The fraction of sp³-hybridized carbons (Fsp3) is 0.722. The number of hydrogen-bond acceptors (Lipinski definition) is 4. The molecule has 2 N–H and O–H groups in total. The van der Waals surface area contributed by atoms with Crippen LogP contribution in [0.5, 0.6) is 0 Å². The Balaban J connectivity index is 1.81. The van der Waals surface area contributed by atoms with Crippen molar-refractivity contribution in [1.29, 1.82) is 0 Å². The zero-order valence-electron chi connectivity index (χ0n) is 16.2. The minimum absolute atomic E-state index is 0.00855. The highest BCUT2D eigenvalue weighted by molar-refractivity contribution is 5.79. The largest absolute Gasteiger partial charge is 0.353 e. The number of piperazine rings is 1. The molecule has 0 saturated carbocycles. The second kappa shape index (κ2) is 9.02. The lowest BCUT2D eigenvalue weighted by Crippen LogP contribution is -2.51. The highest BCUT2D eigenvalue weighted by Crippen LogP contribution is 2.05. The van der Waals surface area contributed by atoms with Gasteiger partial charge in [0.1, 0.15) is 0 Å². The van der Waals surface area contributed by atoms with Gasteiger partial charge in [-0.3, -0.25) is 29.1 Å². The number of aromatic nitrogens is 2. The summed E-state index contributed by atoms with van der Waals surface area (Å²) in [6.45, 7) is 11.5. The lowest BCUT2D eigenvalue weighted by atomic mass is 10.2. The van der Waals surface area contributed by atoms with Gasteiger partial charge in [-0.05, 0) is 19.8 Å². The van der Waals surface area contributed by atoms with Crippen molar-refractivity contribution >= 4 is 11.8 Å². The third-order valence-corrected chi connectivity index (χ3v) is 4.27. The van der Waals surface area contributed by atoms with Gasteiger partial charge in [-0.1, -0.05) is 13.8 Å². The van der Waals surface area contributed by atoms with Crippen LogP contribution in [0.3, 0.4) is 0 Å². The molecule has 1 aliphatic rings. The first kappa shape index (κ1) is 20.2. The Labute approximate surface area is 154 Å². The molecule has 2 amide bonds. The van der Waals surface area contributed by atoms with Gasteiger partial charge in [0.15, 0.2) is 0 Å². The Morgan fingerprint density at radius 2 is 1.81 bits per heavy atom. The van der Waals surface area contributed by atoms with Crippen molar-refractivity contribution in [3.8, 4) is 0 Å². The molecule has 0 atom stereocenters. The van der Waals surface area contributed by atoms with Crippen LogP contribution in [0.1, 0.15) is 33.4 Å². The fourth-order valence-electron chi connectivity index (χ4n) is 3.08. The van der Waals surface area contributed by atoms with E-state index in [9.17, 15) is 14.4 Å². The van der Waals surface area contributed by atoms with Crippen molar-refractivity contribution in [2.45, 2.75) is 46.7 Å². The van der Waals surface area contributed by atoms with Crippen LogP contribution in [0.25, 0.3) is 0 Å². The molecule has 1 aromatic heterocycles. The van der Waals surface area contributed by atoms with Gasteiger partial charge in [-0.25, -0.2) is 0 Å². The Bertz CT molecular complexity index is 669. The molecule has 0 bridgehead atoms. The van der Waals surface area contributed by atoms with Crippen molar-refractivity contribution in [2.24, 2.45) is 5.92 Å². The maximum absolute atomic E-state index is 12.5. The SMILES string of the molecule is CC(C)Cn1[nH]c(CC(=O)N2CCN(CC(=O)NC(C)C)CC2)cc1=O. The second-order valence-electron chi connectivity index (χ2n) is 7.68. The number of nitrogens with one attached hydrogen (secondary N) is 2. The summed E-state index contributed by atoms with van der Waals surface area (Å²) in [6.07, 6.45) is 0.203. The molecule has 8 nitrogen and oxygen atoms in total. The Morgan fingerprint density at radius 1 is 1.15 bits per heavy atom. The molecule has 8 heteroatoms. The molecule has 2 rings (SSSR count). The number of amides is 2. The Kier molecular flexibility index (Phi) is 7.02. The zero-order valence-corrected chi connectivity index (χ0v) is 16.2. The third kappa shape index (κ3) is 6.01. The minimum Gasteiger partial charge on any atom is -0.353 e. The van der Waals surface area contributed by atoms with Gasteiger partial charge in [0.05, 0.1) is 13.0 Å². The van der Waals surface area contributed by atoms with Gasteiger partial charge in [-0.2, -0.15) is 0 Å². The number of aromatic amines is 1. The summed E-state index contributed by atoms with van der Waals surface area (Å²) >= 11 is 0. The zero-order chi connectivity index (χ0) is 19.3. The summed E-state index contributed by atoms with van der Waals surface area (Å²) in [6, 6.07) is 1.64. The quantitative estimate of drug-likeness (QED) is 0.714. The maximum Gasteiger partial charge on any atom is 0.266 e. The van der Waals surface area contributed by atoms with E-state index < -0.39 is 0 Å². The van der Waals surface area contributed by atoms with Crippen LogP contribution < -0.4 is 10.9 Å². The smallest absolute Gasteiger partial charge is 0.266 e. The molecule has 0 radical (unpaired) electrons. The summed E-state index contributed by atoms with van der Waals surface area (Å²) in [5, 5.41) is 5.91. The summed E-state index contributed by atoms with van der Waals surface area (Å²) in [4.78, 5) is 40.1. The molecule has 0 spiro atoms. The van der Waals surface area contributed by atoms with Gasteiger partial charge in [0.2, 0.25) is 11.8 Å². The number of H-pyrrole nitrogens is 1. The molecule has 2 heterocycles. The van der Waals surface area contributed by atoms with Gasteiger partial charge in [0, 0.05) is 50.5 Å². The minimum atomic E-state index is -0.0949. The topological polar surface area (TPSA) is 90.4 Å². The predicted octanol–water partition coefficient (Wildman–Crippen LogP) is 0.0437. The monoisotopic (exact) mass is 365 g/mol. The summed E-state index contributed by atoms with van der Waals surface area (Å²) in [5.74, 6) is 0.383. The first-order valence-corrected chi connectivity index (χ1v) is 9.32. The molecule has 0 aliphatic carbocycles. The van der Waals surface area contributed by atoms with Gasteiger partial charge in [0.25, 0.3) is 5.56 Å². The van der Waals surface area contributed by atoms with Crippen molar-refractivity contribution in [3.63, 3.8) is 0 Å². The van der Waals surface area contributed by atoms with Crippen molar-refractivity contribution in [2.75, 3.05) is 32.7 Å². The molecular weight excluding hydrogens is 334 g/mol. The standard InChI is InChI=1S/C18H31N5O3/c1-13(2)11-23-18(26)10-15(20-23)9-17(25)22-7-5-21(6-8-22)12-16(24)19-14(3)4/h10,13-14,20H,5-9,11-12H2,1-4H3,(H,19,24).